The highest BCUT2D eigenvalue weighted by Crippen LogP contribution is 2.43. The van der Waals surface area contributed by atoms with Crippen molar-refractivity contribution < 1.29 is 8.42 Å². The minimum absolute atomic E-state index is 0.00228. The number of hydrogen-bond acceptors (Lipinski definition) is 2. The van der Waals surface area contributed by atoms with Crippen molar-refractivity contribution in [2.45, 2.75) is 38.9 Å². The lowest BCUT2D eigenvalue weighted by molar-refractivity contribution is 0.203. The van der Waals surface area contributed by atoms with Crippen LogP contribution in [0.2, 0.25) is 0 Å². The Bertz CT molecular complexity index is 534. The van der Waals surface area contributed by atoms with E-state index in [-0.39, 0.29) is 11.2 Å². The first-order chi connectivity index (χ1) is 8.84. The Labute approximate surface area is 124 Å². The molecule has 0 bridgehead atoms. The first-order valence-corrected chi connectivity index (χ1v) is 9.62. The fraction of sp³-hybridized carbons (Fsp3) is 0.600. The van der Waals surface area contributed by atoms with Gasteiger partial charge in [0.1, 0.15) is 0 Å². The van der Waals surface area contributed by atoms with Crippen molar-refractivity contribution in [1.82, 2.24) is 0 Å². The number of aryl methyl sites for hydroxylation is 2. The lowest BCUT2D eigenvalue weighted by Crippen LogP contribution is -2.38. The fourth-order valence-corrected chi connectivity index (χ4v) is 6.04. The molecule has 1 fully saturated rings. The van der Waals surface area contributed by atoms with Crippen LogP contribution in [0.15, 0.2) is 18.2 Å². The third-order valence-electron chi connectivity index (χ3n) is 3.89. The number of sulfone groups is 1. The molecule has 0 amide bonds. The molecular formula is C15H21BrO2S. The highest BCUT2D eigenvalue weighted by molar-refractivity contribution is 9.09. The second-order valence-electron chi connectivity index (χ2n) is 6.02. The Hall–Kier alpha value is -0.350. The molecule has 1 aliphatic rings. The summed E-state index contributed by atoms with van der Waals surface area (Å²) in [4.78, 5) is 0. The van der Waals surface area contributed by atoms with Crippen LogP contribution < -0.4 is 0 Å². The first kappa shape index (κ1) is 15.0. The molecule has 0 aliphatic heterocycles. The van der Waals surface area contributed by atoms with Gasteiger partial charge in [-0.2, -0.15) is 0 Å². The molecule has 1 saturated carbocycles. The van der Waals surface area contributed by atoms with E-state index in [1.54, 1.807) is 0 Å². The molecule has 2 rings (SSSR count). The molecule has 0 spiro atoms. The van der Waals surface area contributed by atoms with Gasteiger partial charge in [0, 0.05) is 5.33 Å². The number of hydrogen-bond donors (Lipinski definition) is 0. The average molecular weight is 345 g/mol. The molecule has 1 aromatic carbocycles. The van der Waals surface area contributed by atoms with Crippen LogP contribution in [-0.2, 0) is 15.6 Å². The molecule has 0 saturated heterocycles. The van der Waals surface area contributed by atoms with Gasteiger partial charge in [0.2, 0.25) is 0 Å². The Kier molecular flexibility index (Phi) is 4.41. The average Bonchev–Trinajstić information content (AvgIpc) is 2.21. The second kappa shape index (κ2) is 5.57. The summed E-state index contributed by atoms with van der Waals surface area (Å²) in [7, 11) is -3.03. The molecular weight excluding hydrogens is 324 g/mol. The monoisotopic (exact) mass is 344 g/mol. The maximum absolute atomic E-state index is 12.4. The lowest BCUT2D eigenvalue weighted by Gasteiger charge is -2.40. The zero-order chi connectivity index (χ0) is 14.1. The maximum atomic E-state index is 12.4. The first-order valence-electron chi connectivity index (χ1n) is 6.68. The van der Waals surface area contributed by atoms with E-state index in [4.69, 9.17) is 0 Å². The summed E-state index contributed by atoms with van der Waals surface area (Å²) in [5, 5.41) is 0.798. The van der Waals surface area contributed by atoms with Gasteiger partial charge in [0.05, 0.1) is 11.5 Å². The van der Waals surface area contributed by atoms with Crippen LogP contribution in [-0.4, -0.2) is 19.5 Å². The van der Waals surface area contributed by atoms with Gasteiger partial charge < -0.3 is 0 Å². The third kappa shape index (κ3) is 3.82. The zero-order valence-corrected chi connectivity index (χ0v) is 14.0. The number of benzene rings is 1. The van der Waals surface area contributed by atoms with Gasteiger partial charge in [-0.1, -0.05) is 51.7 Å². The molecule has 0 radical (unpaired) electrons. The molecule has 2 nitrogen and oxygen atoms in total. The standard InChI is InChI=1S/C15H21BrO2S/c1-12-6-13(2)8-14(7-12)9-19(17,18)11-15(10-16)4-3-5-15/h6-8H,3-5,9-11H2,1-2H3. The smallest absolute Gasteiger partial charge is 0.155 e. The normalized spacial score (nSPS) is 18.1. The van der Waals surface area contributed by atoms with E-state index in [9.17, 15) is 8.42 Å². The van der Waals surface area contributed by atoms with Crippen LogP contribution in [0.25, 0.3) is 0 Å². The minimum atomic E-state index is -3.03. The molecule has 0 heterocycles. The Balaban J connectivity index is 2.12. The molecule has 19 heavy (non-hydrogen) atoms. The van der Waals surface area contributed by atoms with E-state index in [0.717, 1.165) is 41.3 Å². The molecule has 4 heteroatoms. The predicted molar refractivity (Wildman–Crippen MR) is 83.5 cm³/mol. The topological polar surface area (TPSA) is 34.1 Å². The van der Waals surface area contributed by atoms with Crippen molar-refractivity contribution in [1.29, 1.82) is 0 Å². The summed E-state index contributed by atoms with van der Waals surface area (Å²) in [6.07, 6.45) is 3.22. The van der Waals surface area contributed by atoms with E-state index in [2.05, 4.69) is 22.0 Å². The summed E-state index contributed by atoms with van der Waals surface area (Å²) in [5.41, 5.74) is 3.17. The van der Waals surface area contributed by atoms with Gasteiger partial charge in [-0.25, -0.2) is 8.42 Å². The van der Waals surface area contributed by atoms with Crippen molar-refractivity contribution >= 4 is 25.8 Å². The van der Waals surface area contributed by atoms with Crippen LogP contribution >= 0.6 is 15.9 Å². The van der Waals surface area contributed by atoms with Crippen molar-refractivity contribution in [3.8, 4) is 0 Å². The predicted octanol–water partition coefficient (Wildman–Crippen LogP) is 3.78. The minimum Gasteiger partial charge on any atom is -0.228 e. The largest absolute Gasteiger partial charge is 0.228 e. The number of halogens is 1. The zero-order valence-electron chi connectivity index (χ0n) is 11.6. The quantitative estimate of drug-likeness (QED) is 0.761. The third-order valence-corrected chi connectivity index (χ3v) is 6.91. The fourth-order valence-electron chi connectivity index (χ4n) is 2.92. The second-order valence-corrected chi connectivity index (χ2v) is 8.64. The lowest BCUT2D eigenvalue weighted by atomic mass is 9.72. The van der Waals surface area contributed by atoms with Crippen molar-refractivity contribution in [3.05, 3.63) is 34.9 Å². The summed E-state index contributed by atoms with van der Waals surface area (Å²) in [6, 6.07) is 6.03. The van der Waals surface area contributed by atoms with Crippen LogP contribution in [0, 0.1) is 19.3 Å². The summed E-state index contributed by atoms with van der Waals surface area (Å²) >= 11 is 3.48. The van der Waals surface area contributed by atoms with E-state index < -0.39 is 9.84 Å². The SMILES string of the molecule is Cc1cc(C)cc(CS(=O)(=O)CC2(CBr)CCC2)c1. The van der Waals surface area contributed by atoms with Gasteiger partial charge >= 0.3 is 0 Å². The summed E-state index contributed by atoms with van der Waals surface area (Å²) < 4.78 is 24.7. The van der Waals surface area contributed by atoms with Crippen molar-refractivity contribution in [3.63, 3.8) is 0 Å². The van der Waals surface area contributed by atoms with Gasteiger partial charge in [-0.3, -0.25) is 0 Å². The Morgan fingerprint density at radius 2 is 1.74 bits per heavy atom. The summed E-state index contributed by atoms with van der Waals surface area (Å²) in [6.45, 7) is 4.02. The Morgan fingerprint density at radius 1 is 1.16 bits per heavy atom. The molecule has 0 N–H and O–H groups in total. The highest BCUT2D eigenvalue weighted by Gasteiger charge is 2.39. The number of rotatable bonds is 5. The van der Waals surface area contributed by atoms with Gasteiger partial charge in [0.15, 0.2) is 9.84 Å². The Morgan fingerprint density at radius 3 is 2.16 bits per heavy atom. The van der Waals surface area contributed by atoms with Crippen molar-refractivity contribution in [2.24, 2.45) is 5.41 Å². The molecule has 0 atom stereocenters. The van der Waals surface area contributed by atoms with Gasteiger partial charge in [-0.15, -0.1) is 0 Å². The molecule has 0 aromatic heterocycles. The van der Waals surface area contributed by atoms with E-state index in [1.165, 1.54) is 0 Å². The van der Waals surface area contributed by atoms with E-state index in [0.29, 0.717) is 5.75 Å². The van der Waals surface area contributed by atoms with Gasteiger partial charge in [-0.05, 0) is 37.7 Å². The van der Waals surface area contributed by atoms with Crippen LogP contribution in [0.1, 0.15) is 36.0 Å². The van der Waals surface area contributed by atoms with Crippen molar-refractivity contribution in [2.75, 3.05) is 11.1 Å². The van der Waals surface area contributed by atoms with Crippen LogP contribution in [0.5, 0.6) is 0 Å². The van der Waals surface area contributed by atoms with Crippen LogP contribution in [0.3, 0.4) is 0 Å². The summed E-state index contributed by atoms with van der Waals surface area (Å²) in [5.74, 6) is 0.489. The molecule has 106 valence electrons. The highest BCUT2D eigenvalue weighted by atomic mass is 79.9. The molecule has 1 aliphatic carbocycles. The van der Waals surface area contributed by atoms with E-state index in [1.807, 2.05) is 26.0 Å². The van der Waals surface area contributed by atoms with Crippen LogP contribution in [0.4, 0.5) is 0 Å². The van der Waals surface area contributed by atoms with E-state index >= 15 is 0 Å². The molecule has 0 unspecified atom stereocenters. The van der Waals surface area contributed by atoms with Gasteiger partial charge in [0.25, 0.3) is 0 Å². The molecule has 1 aromatic rings. The maximum Gasteiger partial charge on any atom is 0.155 e. The number of alkyl halides is 1.